The lowest BCUT2D eigenvalue weighted by Gasteiger charge is -2.14. The van der Waals surface area contributed by atoms with Crippen molar-refractivity contribution in [3.05, 3.63) is 148 Å². The van der Waals surface area contributed by atoms with Gasteiger partial charge in [0, 0.05) is 20.3 Å². The highest BCUT2D eigenvalue weighted by molar-refractivity contribution is 9.11. The van der Waals surface area contributed by atoms with Crippen LogP contribution in [0.15, 0.2) is 137 Å². The lowest BCUT2D eigenvalue weighted by Crippen LogP contribution is -2.08. The predicted molar refractivity (Wildman–Crippen MR) is 184 cm³/mol. The second-order valence-electron chi connectivity index (χ2n) is 10.5. The molecule has 3 aromatic heterocycles. The van der Waals surface area contributed by atoms with Gasteiger partial charge in [0.2, 0.25) is 0 Å². The molecule has 248 valence electrons. The van der Waals surface area contributed by atoms with Gasteiger partial charge in [0.15, 0.2) is 0 Å². The number of para-hydroxylation sites is 6. The Morgan fingerprint density at radius 3 is 1.45 bits per heavy atom. The van der Waals surface area contributed by atoms with E-state index in [4.69, 9.17) is 0 Å². The topological polar surface area (TPSA) is 64.3 Å². The van der Waals surface area contributed by atoms with E-state index in [-0.39, 0.29) is 0 Å². The molecular formula is C35H22Br2F6N6. The molecule has 0 fully saturated rings. The summed E-state index contributed by atoms with van der Waals surface area (Å²) in [7, 11) is 0. The quantitative estimate of drug-likeness (QED) is 0.177. The molecule has 5 aromatic carbocycles. The average Bonchev–Trinajstić information content (AvgIpc) is 3.82. The number of nitrogens with zero attached hydrogens (tertiary/aromatic N) is 5. The zero-order chi connectivity index (χ0) is 34.8. The number of alkyl halides is 6. The first kappa shape index (κ1) is 33.9. The number of halogens is 8. The Labute approximate surface area is 291 Å². The SMILES string of the molecule is FC(F)(F)c1cc(-n2cnc3ccccc32)cc(-n2cnc3ccccc32)c1.FC(F)(F)c1cc(Br)cc(Br)c1.c1ccc2[nH]cnc2c1. The van der Waals surface area contributed by atoms with Gasteiger partial charge in [-0.2, -0.15) is 26.3 Å². The molecule has 6 nitrogen and oxygen atoms in total. The predicted octanol–water partition coefficient (Wildman–Crippen LogP) is 11.2. The van der Waals surface area contributed by atoms with Crippen LogP contribution in [0.25, 0.3) is 44.5 Å². The minimum absolute atomic E-state index is 0.385. The van der Waals surface area contributed by atoms with E-state index in [9.17, 15) is 26.3 Å². The monoisotopic (exact) mass is 798 g/mol. The summed E-state index contributed by atoms with van der Waals surface area (Å²) in [5.41, 5.74) is 4.41. The standard InChI is InChI=1S/C21H13F3N4.C7H3Br2F3.C7H6N2/c22-21(23,24)14-9-15(27-12-25-17-5-1-3-7-19(17)27)11-16(10-14)28-13-26-18-6-2-4-8-20(18)28;8-5-1-4(7(10,11)12)2-6(9)3-5;1-2-4-7-6(3-1)8-5-9-7/h1-13H;1-3H;1-5H,(H,8,9). The molecule has 0 amide bonds. The van der Waals surface area contributed by atoms with Crippen LogP contribution in [0.2, 0.25) is 0 Å². The van der Waals surface area contributed by atoms with Crippen molar-refractivity contribution < 1.29 is 26.3 Å². The minimum Gasteiger partial charge on any atom is -0.345 e. The first-order valence-corrected chi connectivity index (χ1v) is 15.9. The number of hydrogen-bond acceptors (Lipinski definition) is 3. The summed E-state index contributed by atoms with van der Waals surface area (Å²) in [6.07, 6.45) is -3.99. The van der Waals surface area contributed by atoms with Crippen LogP contribution in [0.3, 0.4) is 0 Å². The van der Waals surface area contributed by atoms with E-state index in [1.807, 2.05) is 72.8 Å². The molecule has 0 bridgehead atoms. The van der Waals surface area contributed by atoms with Crippen LogP contribution in [-0.2, 0) is 12.4 Å². The maximum Gasteiger partial charge on any atom is 0.416 e. The number of imidazole rings is 3. The number of rotatable bonds is 2. The van der Waals surface area contributed by atoms with Crippen LogP contribution < -0.4 is 0 Å². The molecule has 0 radical (unpaired) electrons. The smallest absolute Gasteiger partial charge is 0.345 e. The van der Waals surface area contributed by atoms with Crippen LogP contribution in [0.4, 0.5) is 26.3 Å². The highest BCUT2D eigenvalue weighted by atomic mass is 79.9. The maximum absolute atomic E-state index is 13.6. The van der Waals surface area contributed by atoms with E-state index in [1.54, 1.807) is 27.6 Å². The second kappa shape index (κ2) is 13.9. The van der Waals surface area contributed by atoms with Crippen LogP contribution in [0, 0.1) is 0 Å². The van der Waals surface area contributed by atoms with Gasteiger partial charge in [-0.25, -0.2) is 15.0 Å². The maximum atomic E-state index is 13.6. The average molecular weight is 800 g/mol. The number of benzene rings is 5. The number of nitrogens with one attached hydrogen (secondary N) is 1. The third kappa shape index (κ3) is 7.86. The van der Waals surface area contributed by atoms with Gasteiger partial charge < -0.3 is 4.98 Å². The third-order valence-corrected chi connectivity index (χ3v) is 8.13. The summed E-state index contributed by atoms with van der Waals surface area (Å²) in [5.74, 6) is 0. The number of H-pyrrole nitrogens is 1. The van der Waals surface area contributed by atoms with Crippen molar-refractivity contribution >= 4 is 65.0 Å². The molecule has 0 aliphatic heterocycles. The number of hydrogen-bond donors (Lipinski definition) is 1. The van der Waals surface area contributed by atoms with E-state index in [0.717, 1.165) is 57.4 Å². The van der Waals surface area contributed by atoms with E-state index in [2.05, 4.69) is 51.8 Å². The molecule has 0 aliphatic rings. The first-order valence-electron chi connectivity index (χ1n) is 14.4. The number of aromatic amines is 1. The van der Waals surface area contributed by atoms with Crippen molar-refractivity contribution in [1.29, 1.82) is 0 Å². The Morgan fingerprint density at radius 2 is 0.959 bits per heavy atom. The summed E-state index contributed by atoms with van der Waals surface area (Å²) in [6, 6.07) is 30.2. The molecule has 8 rings (SSSR count). The lowest BCUT2D eigenvalue weighted by atomic mass is 10.1. The summed E-state index contributed by atoms with van der Waals surface area (Å²) >= 11 is 5.95. The highest BCUT2D eigenvalue weighted by Crippen LogP contribution is 2.35. The van der Waals surface area contributed by atoms with Crippen LogP contribution >= 0.6 is 31.9 Å². The molecular weight excluding hydrogens is 778 g/mol. The van der Waals surface area contributed by atoms with Crippen LogP contribution in [0.5, 0.6) is 0 Å². The van der Waals surface area contributed by atoms with E-state index in [0.29, 0.717) is 20.3 Å². The van der Waals surface area contributed by atoms with Gasteiger partial charge in [-0.05, 0) is 72.8 Å². The molecule has 3 heterocycles. The Kier molecular flexibility index (Phi) is 9.61. The fourth-order valence-electron chi connectivity index (χ4n) is 4.96. The van der Waals surface area contributed by atoms with Gasteiger partial charge in [0.1, 0.15) is 12.7 Å². The molecule has 1 N–H and O–H groups in total. The van der Waals surface area contributed by atoms with Crippen molar-refractivity contribution in [2.75, 3.05) is 0 Å². The first-order chi connectivity index (χ1) is 23.4. The fourth-order valence-corrected chi connectivity index (χ4v) is 6.26. The van der Waals surface area contributed by atoms with Gasteiger partial charge in [0.25, 0.3) is 0 Å². The molecule has 0 aliphatic carbocycles. The summed E-state index contributed by atoms with van der Waals surface area (Å²) in [5, 5.41) is 0. The largest absolute Gasteiger partial charge is 0.416 e. The summed E-state index contributed by atoms with van der Waals surface area (Å²) in [4.78, 5) is 15.7. The zero-order valence-corrected chi connectivity index (χ0v) is 28.1. The minimum atomic E-state index is -4.47. The van der Waals surface area contributed by atoms with Crippen molar-refractivity contribution in [3.63, 3.8) is 0 Å². The Hall–Kier alpha value is -4.95. The normalized spacial score (nSPS) is 11.7. The highest BCUT2D eigenvalue weighted by Gasteiger charge is 2.32. The van der Waals surface area contributed by atoms with Crippen LogP contribution in [-0.4, -0.2) is 29.1 Å². The molecule has 0 unspecified atom stereocenters. The summed E-state index contributed by atoms with van der Waals surface area (Å²) < 4.78 is 81.3. The van der Waals surface area contributed by atoms with Crippen molar-refractivity contribution in [2.24, 2.45) is 0 Å². The van der Waals surface area contributed by atoms with Crippen molar-refractivity contribution in [2.45, 2.75) is 12.4 Å². The Balaban J connectivity index is 0.000000162. The van der Waals surface area contributed by atoms with Crippen molar-refractivity contribution in [1.82, 2.24) is 29.1 Å². The number of fused-ring (bicyclic) bond motifs is 3. The van der Waals surface area contributed by atoms with Crippen molar-refractivity contribution in [3.8, 4) is 11.4 Å². The Bertz CT molecular complexity index is 2230. The molecule has 49 heavy (non-hydrogen) atoms. The second-order valence-corrected chi connectivity index (χ2v) is 12.3. The molecule has 0 atom stereocenters. The molecule has 0 saturated carbocycles. The summed E-state index contributed by atoms with van der Waals surface area (Å²) in [6.45, 7) is 0. The third-order valence-electron chi connectivity index (χ3n) is 7.21. The lowest BCUT2D eigenvalue weighted by molar-refractivity contribution is -0.138. The molecule has 0 saturated heterocycles. The van der Waals surface area contributed by atoms with E-state index in [1.165, 1.54) is 12.7 Å². The van der Waals surface area contributed by atoms with Gasteiger partial charge in [-0.15, -0.1) is 0 Å². The molecule has 14 heteroatoms. The van der Waals surface area contributed by atoms with Gasteiger partial charge in [0.05, 0.1) is 50.6 Å². The van der Waals surface area contributed by atoms with Gasteiger partial charge in [-0.1, -0.05) is 68.3 Å². The molecule has 0 spiro atoms. The van der Waals surface area contributed by atoms with E-state index >= 15 is 0 Å². The fraction of sp³-hybridized carbons (Fsp3) is 0.0571. The van der Waals surface area contributed by atoms with E-state index < -0.39 is 23.5 Å². The zero-order valence-electron chi connectivity index (χ0n) is 24.9. The van der Waals surface area contributed by atoms with Gasteiger partial charge in [-0.3, -0.25) is 9.13 Å². The Morgan fingerprint density at radius 1 is 0.510 bits per heavy atom. The van der Waals surface area contributed by atoms with Gasteiger partial charge >= 0.3 is 12.4 Å². The number of aromatic nitrogens is 6. The van der Waals surface area contributed by atoms with Crippen LogP contribution in [0.1, 0.15) is 11.1 Å². The molecule has 8 aromatic rings.